The summed E-state index contributed by atoms with van der Waals surface area (Å²) in [4.78, 5) is 11.7. The molecule has 1 aromatic carbocycles. The predicted octanol–water partition coefficient (Wildman–Crippen LogP) is 2.15. The molecule has 4 nitrogen and oxygen atoms in total. The van der Waals surface area contributed by atoms with Crippen molar-refractivity contribution >= 4 is 34.2 Å². The van der Waals surface area contributed by atoms with E-state index < -0.39 is 0 Å². The maximum atomic E-state index is 11.7. The highest BCUT2D eigenvalue weighted by atomic mass is 79.9. The molecule has 0 heterocycles. The first kappa shape index (κ1) is 18.2. The van der Waals surface area contributed by atoms with Gasteiger partial charge in [0.25, 0.3) is 0 Å². The van der Waals surface area contributed by atoms with Crippen LogP contribution in [0, 0.1) is 0 Å². The summed E-state index contributed by atoms with van der Waals surface area (Å²) in [7, 11) is 1.61. The quantitative estimate of drug-likeness (QED) is 0.740. The number of likely N-dealkylation sites (N-methyl/N-ethyl adjacent to an activating group) is 1. The molecule has 0 bridgehead atoms. The van der Waals surface area contributed by atoms with E-state index in [0.717, 1.165) is 28.9 Å². The van der Waals surface area contributed by atoms with Gasteiger partial charge >= 0.3 is 0 Å². The van der Waals surface area contributed by atoms with Crippen LogP contribution in [0.5, 0.6) is 5.75 Å². The predicted molar refractivity (Wildman–Crippen MR) is 83.2 cm³/mol. The van der Waals surface area contributed by atoms with Crippen molar-refractivity contribution in [1.29, 1.82) is 0 Å². The topological polar surface area (TPSA) is 50.4 Å². The van der Waals surface area contributed by atoms with Gasteiger partial charge < -0.3 is 15.4 Å². The van der Waals surface area contributed by atoms with Crippen LogP contribution in [0.1, 0.15) is 12.5 Å². The third kappa shape index (κ3) is 6.80. The number of carbonyl (C=O) groups is 1. The van der Waals surface area contributed by atoms with E-state index in [1.807, 2.05) is 25.1 Å². The zero-order valence-corrected chi connectivity index (χ0v) is 13.6. The summed E-state index contributed by atoms with van der Waals surface area (Å²) >= 11 is 3.39. The maximum Gasteiger partial charge on any atom is 0.224 e. The van der Waals surface area contributed by atoms with E-state index in [1.54, 1.807) is 7.11 Å². The molecule has 0 saturated heterocycles. The van der Waals surface area contributed by atoms with Gasteiger partial charge in [-0.25, -0.2) is 0 Å². The summed E-state index contributed by atoms with van der Waals surface area (Å²) in [5, 5.41) is 6.02. The summed E-state index contributed by atoms with van der Waals surface area (Å²) in [5.74, 6) is 0.740. The molecule has 0 aliphatic carbocycles. The van der Waals surface area contributed by atoms with Gasteiger partial charge in [0.2, 0.25) is 5.91 Å². The zero-order chi connectivity index (χ0) is 13.4. The molecule has 0 aromatic heterocycles. The van der Waals surface area contributed by atoms with E-state index in [-0.39, 0.29) is 18.3 Å². The van der Waals surface area contributed by atoms with Gasteiger partial charge in [-0.3, -0.25) is 4.79 Å². The minimum atomic E-state index is 0. The van der Waals surface area contributed by atoms with Crippen molar-refractivity contribution in [3.05, 3.63) is 28.2 Å². The molecule has 0 aliphatic rings. The summed E-state index contributed by atoms with van der Waals surface area (Å²) < 4.78 is 6.17. The van der Waals surface area contributed by atoms with Crippen LogP contribution in [-0.2, 0) is 11.2 Å². The van der Waals surface area contributed by atoms with Crippen LogP contribution in [0.25, 0.3) is 0 Å². The zero-order valence-electron chi connectivity index (χ0n) is 11.2. The van der Waals surface area contributed by atoms with Gasteiger partial charge in [0.15, 0.2) is 0 Å². The highest BCUT2D eigenvalue weighted by Gasteiger charge is 2.08. The number of ether oxygens (including phenoxy) is 1. The van der Waals surface area contributed by atoms with Gasteiger partial charge in [0.1, 0.15) is 5.75 Å². The van der Waals surface area contributed by atoms with E-state index >= 15 is 0 Å². The van der Waals surface area contributed by atoms with Gasteiger partial charge in [-0.05, 0) is 24.7 Å². The van der Waals surface area contributed by atoms with Gasteiger partial charge in [0, 0.05) is 23.1 Å². The molecule has 0 radical (unpaired) electrons. The van der Waals surface area contributed by atoms with Gasteiger partial charge in [-0.2, -0.15) is 0 Å². The number of hydrogen-bond acceptors (Lipinski definition) is 3. The van der Waals surface area contributed by atoms with E-state index in [4.69, 9.17) is 4.74 Å². The Morgan fingerprint density at radius 2 is 2.11 bits per heavy atom. The molecule has 0 atom stereocenters. The van der Waals surface area contributed by atoms with Crippen molar-refractivity contribution in [2.45, 2.75) is 13.3 Å². The largest absolute Gasteiger partial charge is 0.496 e. The van der Waals surface area contributed by atoms with E-state index in [1.165, 1.54) is 0 Å². The van der Waals surface area contributed by atoms with Crippen LogP contribution in [-0.4, -0.2) is 32.7 Å². The lowest BCUT2D eigenvalue weighted by Gasteiger charge is -2.09. The van der Waals surface area contributed by atoms with Gasteiger partial charge in [0.05, 0.1) is 13.5 Å². The van der Waals surface area contributed by atoms with E-state index in [9.17, 15) is 4.79 Å². The molecule has 2 N–H and O–H groups in total. The lowest BCUT2D eigenvalue weighted by Crippen LogP contribution is -2.32. The fourth-order valence-electron chi connectivity index (χ4n) is 1.59. The van der Waals surface area contributed by atoms with Crippen molar-refractivity contribution in [3.8, 4) is 5.75 Å². The first-order chi connectivity index (χ1) is 8.67. The standard InChI is InChI=1S/C13H19BrN2O2.ClH/c1-3-15-6-7-16-13(17)9-10-8-11(14)4-5-12(10)18-2;/h4-5,8,15H,3,6-7,9H2,1-2H3,(H,16,17);1H. The summed E-state index contributed by atoms with van der Waals surface area (Å²) in [5.41, 5.74) is 0.882. The summed E-state index contributed by atoms with van der Waals surface area (Å²) in [6, 6.07) is 5.65. The maximum absolute atomic E-state index is 11.7. The highest BCUT2D eigenvalue weighted by Crippen LogP contribution is 2.23. The minimum Gasteiger partial charge on any atom is -0.496 e. The number of benzene rings is 1. The molecule has 6 heteroatoms. The number of rotatable bonds is 7. The number of amides is 1. The van der Waals surface area contributed by atoms with Crippen molar-refractivity contribution in [3.63, 3.8) is 0 Å². The molecular weight excluding hydrogens is 332 g/mol. The molecule has 0 unspecified atom stereocenters. The summed E-state index contributed by atoms with van der Waals surface area (Å²) in [6.45, 7) is 4.38. The van der Waals surface area contributed by atoms with Gasteiger partial charge in [-0.15, -0.1) is 12.4 Å². The molecule has 0 spiro atoms. The summed E-state index contributed by atoms with van der Waals surface area (Å²) in [6.07, 6.45) is 0.328. The molecular formula is C13H20BrClN2O2. The Bertz CT molecular complexity index is 402. The van der Waals surface area contributed by atoms with Crippen molar-refractivity contribution in [1.82, 2.24) is 10.6 Å². The molecule has 0 aliphatic heterocycles. The second-order valence-corrected chi connectivity index (χ2v) is 4.75. The lowest BCUT2D eigenvalue weighted by molar-refractivity contribution is -0.120. The lowest BCUT2D eigenvalue weighted by atomic mass is 10.1. The Balaban J connectivity index is 0.00000324. The van der Waals surface area contributed by atoms with Crippen LogP contribution >= 0.6 is 28.3 Å². The van der Waals surface area contributed by atoms with E-state index in [2.05, 4.69) is 26.6 Å². The van der Waals surface area contributed by atoms with Crippen molar-refractivity contribution in [2.24, 2.45) is 0 Å². The average molecular weight is 352 g/mol. The first-order valence-electron chi connectivity index (χ1n) is 5.97. The number of carbonyl (C=O) groups excluding carboxylic acids is 1. The normalized spacial score (nSPS) is 9.63. The van der Waals surface area contributed by atoms with Crippen molar-refractivity contribution < 1.29 is 9.53 Å². The fourth-order valence-corrected chi connectivity index (χ4v) is 2.00. The van der Waals surface area contributed by atoms with Crippen LogP contribution in [0.15, 0.2) is 22.7 Å². The second kappa shape index (κ2) is 10.1. The fraction of sp³-hybridized carbons (Fsp3) is 0.462. The minimum absolute atomic E-state index is 0. The smallest absolute Gasteiger partial charge is 0.224 e. The van der Waals surface area contributed by atoms with Crippen molar-refractivity contribution in [2.75, 3.05) is 26.7 Å². The van der Waals surface area contributed by atoms with Crippen LogP contribution in [0.3, 0.4) is 0 Å². The Labute approximate surface area is 128 Å². The number of nitrogens with one attached hydrogen (secondary N) is 2. The van der Waals surface area contributed by atoms with Crippen LogP contribution in [0.2, 0.25) is 0 Å². The molecule has 108 valence electrons. The first-order valence-corrected chi connectivity index (χ1v) is 6.76. The number of methoxy groups -OCH3 is 1. The second-order valence-electron chi connectivity index (χ2n) is 3.84. The third-order valence-electron chi connectivity index (χ3n) is 2.47. The highest BCUT2D eigenvalue weighted by molar-refractivity contribution is 9.10. The third-order valence-corrected chi connectivity index (χ3v) is 2.96. The van der Waals surface area contributed by atoms with Gasteiger partial charge in [-0.1, -0.05) is 22.9 Å². The molecule has 0 saturated carbocycles. The SMILES string of the molecule is CCNCCNC(=O)Cc1cc(Br)ccc1OC.Cl. The molecule has 1 rings (SSSR count). The Hall–Kier alpha value is -0.780. The molecule has 0 fully saturated rings. The molecule has 1 aromatic rings. The molecule has 1 amide bonds. The molecule has 19 heavy (non-hydrogen) atoms. The Morgan fingerprint density at radius 3 is 2.74 bits per heavy atom. The number of hydrogen-bond donors (Lipinski definition) is 2. The monoisotopic (exact) mass is 350 g/mol. The van der Waals surface area contributed by atoms with Crippen LogP contribution in [0.4, 0.5) is 0 Å². The Kier molecular flexibility index (Phi) is 9.65. The Morgan fingerprint density at radius 1 is 1.37 bits per heavy atom. The van der Waals surface area contributed by atoms with Crippen LogP contribution < -0.4 is 15.4 Å². The van der Waals surface area contributed by atoms with E-state index in [0.29, 0.717) is 13.0 Å². The average Bonchev–Trinajstić information content (AvgIpc) is 2.35. The number of halogens is 2.